The second-order valence-electron chi connectivity index (χ2n) is 4.43. The number of hydrogen-bond acceptors (Lipinski definition) is 2. The maximum absolute atomic E-state index is 5.49. The van der Waals surface area contributed by atoms with E-state index in [2.05, 4.69) is 30.8 Å². The highest BCUT2D eigenvalue weighted by Crippen LogP contribution is 2.10. The van der Waals surface area contributed by atoms with Gasteiger partial charge >= 0.3 is 0 Å². The summed E-state index contributed by atoms with van der Waals surface area (Å²) in [6, 6.07) is 8.58. The Morgan fingerprint density at radius 2 is 2.06 bits per heavy atom. The van der Waals surface area contributed by atoms with Gasteiger partial charge in [-0.15, -0.1) is 0 Å². The molecule has 0 radical (unpaired) electrons. The fourth-order valence-corrected chi connectivity index (χ4v) is 1.73. The predicted molar refractivity (Wildman–Crippen MR) is 70.0 cm³/mol. The Hall–Kier alpha value is -1.12. The average molecular weight is 232 g/mol. The van der Waals surface area contributed by atoms with Gasteiger partial charge in [0.2, 0.25) is 0 Å². The maximum Gasteiger partial charge on any atom is 0.104 e. The Morgan fingerprint density at radius 3 is 2.71 bits per heavy atom. The third kappa shape index (κ3) is 4.72. The molecular weight excluding hydrogens is 212 g/mol. The van der Waals surface area contributed by atoms with Gasteiger partial charge in [-0.1, -0.05) is 36.9 Å². The van der Waals surface area contributed by atoms with E-state index in [0.29, 0.717) is 6.10 Å². The first-order valence-electron chi connectivity index (χ1n) is 6.29. The lowest BCUT2D eigenvalue weighted by Gasteiger charge is -2.03. The van der Waals surface area contributed by atoms with E-state index in [9.17, 15) is 0 Å². The smallest absolute Gasteiger partial charge is 0.104 e. The zero-order valence-corrected chi connectivity index (χ0v) is 10.2. The van der Waals surface area contributed by atoms with Crippen molar-refractivity contribution >= 4 is 6.08 Å². The summed E-state index contributed by atoms with van der Waals surface area (Å²) >= 11 is 0. The van der Waals surface area contributed by atoms with Gasteiger partial charge < -0.3 is 9.47 Å². The molecule has 2 nitrogen and oxygen atoms in total. The van der Waals surface area contributed by atoms with Crippen molar-refractivity contribution in [3.63, 3.8) is 0 Å². The molecule has 1 atom stereocenters. The van der Waals surface area contributed by atoms with E-state index >= 15 is 0 Å². The quantitative estimate of drug-likeness (QED) is 0.507. The van der Waals surface area contributed by atoms with Crippen molar-refractivity contribution in [2.75, 3.05) is 19.8 Å². The standard InChI is InChI=1S/C15H20O2/c1-2-13-6-8-14(9-7-13)5-3-4-10-16-11-15-12-17-15/h2,6-9,15H,1,3-5,10-12H2. The molecule has 1 aromatic rings. The fourth-order valence-electron chi connectivity index (χ4n) is 1.73. The second kappa shape index (κ2) is 6.58. The first kappa shape index (κ1) is 12.3. The van der Waals surface area contributed by atoms with Crippen LogP contribution in [0.15, 0.2) is 30.8 Å². The monoisotopic (exact) mass is 232 g/mol. The molecule has 0 saturated carbocycles. The summed E-state index contributed by atoms with van der Waals surface area (Å²) in [5.41, 5.74) is 2.57. The van der Waals surface area contributed by atoms with Crippen LogP contribution in [-0.4, -0.2) is 25.9 Å². The Balaban J connectivity index is 1.55. The zero-order chi connectivity index (χ0) is 11.9. The Kier molecular flexibility index (Phi) is 4.77. The molecule has 2 rings (SSSR count). The summed E-state index contributed by atoms with van der Waals surface area (Å²) in [4.78, 5) is 0. The van der Waals surface area contributed by atoms with E-state index in [-0.39, 0.29) is 0 Å². The van der Waals surface area contributed by atoms with Gasteiger partial charge in [-0.25, -0.2) is 0 Å². The minimum atomic E-state index is 0.390. The van der Waals surface area contributed by atoms with E-state index in [1.807, 2.05) is 6.08 Å². The van der Waals surface area contributed by atoms with Crippen LogP contribution in [0.1, 0.15) is 24.0 Å². The highest BCUT2D eigenvalue weighted by Gasteiger charge is 2.21. The van der Waals surface area contributed by atoms with Crippen molar-refractivity contribution in [2.24, 2.45) is 0 Å². The lowest BCUT2D eigenvalue weighted by atomic mass is 10.1. The number of rotatable bonds is 8. The molecule has 17 heavy (non-hydrogen) atoms. The lowest BCUT2D eigenvalue weighted by molar-refractivity contribution is 0.113. The van der Waals surface area contributed by atoms with E-state index < -0.39 is 0 Å². The molecule has 1 aliphatic heterocycles. The van der Waals surface area contributed by atoms with Crippen LogP contribution in [0.2, 0.25) is 0 Å². The fraction of sp³-hybridized carbons (Fsp3) is 0.467. The van der Waals surface area contributed by atoms with Crippen molar-refractivity contribution in [3.8, 4) is 0 Å². The molecule has 0 N–H and O–H groups in total. The van der Waals surface area contributed by atoms with Gasteiger partial charge in [-0.3, -0.25) is 0 Å². The van der Waals surface area contributed by atoms with Crippen LogP contribution in [0.4, 0.5) is 0 Å². The van der Waals surface area contributed by atoms with E-state index in [1.54, 1.807) is 0 Å². The SMILES string of the molecule is C=Cc1ccc(CCCCOCC2CO2)cc1. The van der Waals surface area contributed by atoms with Crippen LogP contribution >= 0.6 is 0 Å². The van der Waals surface area contributed by atoms with Crippen LogP contribution in [0.25, 0.3) is 6.08 Å². The largest absolute Gasteiger partial charge is 0.379 e. The van der Waals surface area contributed by atoms with Gasteiger partial charge in [0.15, 0.2) is 0 Å². The normalized spacial score (nSPS) is 18.0. The van der Waals surface area contributed by atoms with Gasteiger partial charge in [0, 0.05) is 6.61 Å². The minimum absolute atomic E-state index is 0.390. The Bertz CT molecular complexity index is 338. The number of hydrogen-bond donors (Lipinski definition) is 0. The van der Waals surface area contributed by atoms with E-state index in [1.165, 1.54) is 17.5 Å². The highest BCUT2D eigenvalue weighted by atomic mass is 16.6. The number of benzene rings is 1. The van der Waals surface area contributed by atoms with E-state index in [0.717, 1.165) is 32.7 Å². The summed E-state index contributed by atoms with van der Waals surface area (Å²) in [5.74, 6) is 0. The van der Waals surface area contributed by atoms with Gasteiger partial charge in [-0.05, 0) is 30.4 Å². The summed E-state index contributed by atoms with van der Waals surface area (Å²) in [6.45, 7) is 6.26. The summed E-state index contributed by atoms with van der Waals surface area (Å²) in [6.07, 6.45) is 5.69. The van der Waals surface area contributed by atoms with Crippen LogP contribution in [-0.2, 0) is 15.9 Å². The molecule has 1 aliphatic rings. The third-order valence-corrected chi connectivity index (χ3v) is 2.93. The number of aryl methyl sites for hydroxylation is 1. The molecule has 0 aliphatic carbocycles. The topological polar surface area (TPSA) is 21.8 Å². The summed E-state index contributed by atoms with van der Waals surface area (Å²) in [7, 11) is 0. The summed E-state index contributed by atoms with van der Waals surface area (Å²) in [5, 5.41) is 0. The first-order chi connectivity index (χ1) is 8.38. The molecule has 0 aromatic heterocycles. The van der Waals surface area contributed by atoms with Gasteiger partial charge in [0.25, 0.3) is 0 Å². The zero-order valence-electron chi connectivity index (χ0n) is 10.2. The highest BCUT2D eigenvalue weighted by molar-refractivity contribution is 5.47. The summed E-state index contributed by atoms with van der Waals surface area (Å²) < 4.78 is 10.6. The van der Waals surface area contributed by atoms with Crippen molar-refractivity contribution in [1.29, 1.82) is 0 Å². The molecule has 2 heteroatoms. The third-order valence-electron chi connectivity index (χ3n) is 2.93. The molecular formula is C15H20O2. The predicted octanol–water partition coefficient (Wildman–Crippen LogP) is 3.07. The Morgan fingerprint density at radius 1 is 1.29 bits per heavy atom. The molecule has 0 amide bonds. The minimum Gasteiger partial charge on any atom is -0.379 e. The average Bonchev–Trinajstić information content (AvgIpc) is 3.18. The van der Waals surface area contributed by atoms with Crippen LogP contribution in [0, 0.1) is 0 Å². The van der Waals surface area contributed by atoms with Crippen molar-refractivity contribution < 1.29 is 9.47 Å². The molecule has 1 heterocycles. The number of unbranched alkanes of at least 4 members (excludes halogenated alkanes) is 1. The first-order valence-corrected chi connectivity index (χ1v) is 6.29. The van der Waals surface area contributed by atoms with Gasteiger partial charge in [0.05, 0.1) is 13.2 Å². The van der Waals surface area contributed by atoms with Crippen LogP contribution in [0.3, 0.4) is 0 Å². The molecule has 1 aromatic carbocycles. The molecule has 1 fully saturated rings. The van der Waals surface area contributed by atoms with Crippen molar-refractivity contribution in [3.05, 3.63) is 42.0 Å². The lowest BCUT2D eigenvalue weighted by Crippen LogP contribution is -2.02. The number of ether oxygens (including phenoxy) is 2. The van der Waals surface area contributed by atoms with Crippen LogP contribution < -0.4 is 0 Å². The molecule has 92 valence electrons. The Labute approximate surface area is 103 Å². The van der Waals surface area contributed by atoms with E-state index in [4.69, 9.17) is 9.47 Å². The van der Waals surface area contributed by atoms with Gasteiger partial charge in [0.1, 0.15) is 6.10 Å². The van der Waals surface area contributed by atoms with Crippen molar-refractivity contribution in [2.45, 2.75) is 25.4 Å². The molecule has 1 saturated heterocycles. The van der Waals surface area contributed by atoms with Crippen LogP contribution in [0.5, 0.6) is 0 Å². The molecule has 0 bridgehead atoms. The molecule has 1 unspecified atom stereocenters. The number of epoxide rings is 1. The molecule has 0 spiro atoms. The van der Waals surface area contributed by atoms with Gasteiger partial charge in [-0.2, -0.15) is 0 Å². The second-order valence-corrected chi connectivity index (χ2v) is 4.43. The maximum atomic E-state index is 5.49. The van der Waals surface area contributed by atoms with Crippen molar-refractivity contribution in [1.82, 2.24) is 0 Å².